The van der Waals surface area contributed by atoms with Crippen LogP contribution in [-0.4, -0.2) is 33.1 Å². The third kappa shape index (κ3) is 1.93. The quantitative estimate of drug-likeness (QED) is 0.884. The Morgan fingerprint density at radius 3 is 2.95 bits per heavy atom. The number of hydrogen-bond acceptors (Lipinski definition) is 3. The number of carboxylic acid groups (broad SMARTS) is 1. The average molecular weight is 273 g/mol. The Morgan fingerprint density at radius 2 is 2.35 bits per heavy atom. The molecular formula is C14H15N3O3. The van der Waals surface area contributed by atoms with Crippen molar-refractivity contribution in [1.82, 2.24) is 14.9 Å². The number of hydrogen-bond donors (Lipinski definition) is 2. The van der Waals surface area contributed by atoms with Crippen molar-refractivity contribution in [2.24, 2.45) is 0 Å². The molecule has 20 heavy (non-hydrogen) atoms. The molecule has 0 radical (unpaired) electrons. The van der Waals surface area contributed by atoms with Crippen molar-refractivity contribution in [2.75, 3.05) is 6.54 Å². The van der Waals surface area contributed by atoms with Crippen LogP contribution in [0.25, 0.3) is 11.0 Å². The highest BCUT2D eigenvalue weighted by atomic mass is 16.4. The minimum absolute atomic E-state index is 0.0426. The minimum atomic E-state index is -0.961. The molecule has 1 atom stereocenters. The lowest BCUT2D eigenvalue weighted by atomic mass is 10.2. The molecule has 1 aliphatic rings. The number of nitrogens with zero attached hydrogens (tertiary/aromatic N) is 2. The molecule has 0 bridgehead atoms. The first-order chi connectivity index (χ1) is 9.60. The van der Waals surface area contributed by atoms with Crippen molar-refractivity contribution < 1.29 is 14.7 Å². The number of aromatic carboxylic acids is 1. The number of amides is 1. The molecule has 1 aromatic heterocycles. The maximum absolute atomic E-state index is 11.4. The lowest BCUT2D eigenvalue weighted by Crippen LogP contribution is -2.16. The van der Waals surface area contributed by atoms with E-state index in [0.29, 0.717) is 18.5 Å². The van der Waals surface area contributed by atoms with Gasteiger partial charge in [0.25, 0.3) is 0 Å². The molecule has 1 fully saturated rings. The van der Waals surface area contributed by atoms with E-state index in [2.05, 4.69) is 14.9 Å². The summed E-state index contributed by atoms with van der Waals surface area (Å²) in [4.78, 5) is 26.9. The van der Waals surface area contributed by atoms with E-state index >= 15 is 0 Å². The van der Waals surface area contributed by atoms with Crippen molar-refractivity contribution in [1.29, 1.82) is 0 Å². The van der Waals surface area contributed by atoms with Gasteiger partial charge in [-0.2, -0.15) is 0 Å². The second-order valence-electron chi connectivity index (χ2n) is 4.92. The zero-order chi connectivity index (χ0) is 14.3. The summed E-state index contributed by atoms with van der Waals surface area (Å²) in [5, 5.41) is 11.9. The summed E-state index contributed by atoms with van der Waals surface area (Å²) in [6.45, 7) is 2.60. The van der Waals surface area contributed by atoms with Crippen LogP contribution in [0.4, 0.5) is 0 Å². The predicted octanol–water partition coefficient (Wildman–Crippen LogP) is 1.36. The van der Waals surface area contributed by atoms with E-state index in [1.165, 1.54) is 0 Å². The minimum Gasteiger partial charge on any atom is -0.478 e. The van der Waals surface area contributed by atoms with Gasteiger partial charge in [0.2, 0.25) is 5.91 Å². The molecule has 1 aliphatic heterocycles. The SMILES string of the molecule is CCc1nc2cc(C(=O)O)ccc2n1C1CNC(=O)C1. The Balaban J connectivity index is 2.14. The summed E-state index contributed by atoms with van der Waals surface area (Å²) in [6, 6.07) is 4.98. The Morgan fingerprint density at radius 1 is 1.55 bits per heavy atom. The molecule has 6 nitrogen and oxygen atoms in total. The van der Waals surface area contributed by atoms with Crippen LogP contribution < -0.4 is 5.32 Å². The smallest absolute Gasteiger partial charge is 0.335 e. The number of fused-ring (bicyclic) bond motifs is 1. The molecule has 1 amide bonds. The van der Waals surface area contributed by atoms with E-state index in [4.69, 9.17) is 5.11 Å². The number of nitrogens with one attached hydrogen (secondary N) is 1. The number of aryl methyl sites for hydroxylation is 1. The number of aromatic nitrogens is 2. The van der Waals surface area contributed by atoms with Crippen LogP contribution >= 0.6 is 0 Å². The Bertz CT molecular complexity index is 705. The number of rotatable bonds is 3. The van der Waals surface area contributed by atoms with E-state index in [1.807, 2.05) is 6.92 Å². The topological polar surface area (TPSA) is 84.2 Å². The van der Waals surface area contributed by atoms with Gasteiger partial charge < -0.3 is 15.0 Å². The van der Waals surface area contributed by atoms with E-state index in [1.54, 1.807) is 18.2 Å². The van der Waals surface area contributed by atoms with Gasteiger partial charge in [0.05, 0.1) is 22.6 Å². The Labute approximate surface area is 115 Å². The standard InChI is InChI=1S/C14H15N3O3/c1-2-12-16-10-5-8(14(19)20)3-4-11(10)17(12)9-6-13(18)15-7-9/h3-5,9H,2,6-7H2,1H3,(H,15,18)(H,19,20). The first-order valence-corrected chi connectivity index (χ1v) is 6.61. The van der Waals surface area contributed by atoms with E-state index in [0.717, 1.165) is 17.8 Å². The molecule has 2 aromatic rings. The van der Waals surface area contributed by atoms with Gasteiger partial charge in [-0.05, 0) is 18.2 Å². The molecule has 0 aliphatic carbocycles. The van der Waals surface area contributed by atoms with Crippen LogP contribution in [0.2, 0.25) is 0 Å². The van der Waals surface area contributed by atoms with Crippen molar-refractivity contribution >= 4 is 22.9 Å². The van der Waals surface area contributed by atoms with Gasteiger partial charge >= 0.3 is 5.97 Å². The van der Waals surface area contributed by atoms with Crippen LogP contribution in [0.15, 0.2) is 18.2 Å². The van der Waals surface area contributed by atoms with Crippen LogP contribution in [0.3, 0.4) is 0 Å². The Kier molecular flexibility index (Phi) is 2.93. The van der Waals surface area contributed by atoms with E-state index in [-0.39, 0.29) is 17.5 Å². The van der Waals surface area contributed by atoms with Crippen LogP contribution in [-0.2, 0) is 11.2 Å². The van der Waals surface area contributed by atoms with Gasteiger partial charge in [0, 0.05) is 19.4 Å². The molecule has 1 aromatic carbocycles. The van der Waals surface area contributed by atoms with Crippen molar-refractivity contribution in [2.45, 2.75) is 25.8 Å². The van der Waals surface area contributed by atoms with Crippen molar-refractivity contribution in [3.05, 3.63) is 29.6 Å². The third-order valence-electron chi connectivity index (χ3n) is 3.65. The number of carbonyl (C=O) groups is 2. The van der Waals surface area contributed by atoms with Crippen LogP contribution in [0.1, 0.15) is 35.6 Å². The summed E-state index contributed by atoms with van der Waals surface area (Å²) in [5.74, 6) is -0.0395. The van der Waals surface area contributed by atoms with E-state index < -0.39 is 5.97 Å². The fraction of sp³-hybridized carbons (Fsp3) is 0.357. The molecular weight excluding hydrogens is 258 g/mol. The average Bonchev–Trinajstić information content (AvgIpc) is 3.00. The fourth-order valence-corrected chi connectivity index (χ4v) is 2.71. The maximum Gasteiger partial charge on any atom is 0.335 e. The molecule has 6 heteroatoms. The first-order valence-electron chi connectivity index (χ1n) is 6.61. The first kappa shape index (κ1) is 12.7. The third-order valence-corrected chi connectivity index (χ3v) is 3.65. The lowest BCUT2D eigenvalue weighted by molar-refractivity contribution is -0.119. The second-order valence-corrected chi connectivity index (χ2v) is 4.92. The zero-order valence-electron chi connectivity index (χ0n) is 11.1. The van der Waals surface area contributed by atoms with Crippen molar-refractivity contribution in [3.8, 4) is 0 Å². The normalized spacial score (nSPS) is 18.4. The van der Waals surface area contributed by atoms with Crippen LogP contribution in [0, 0.1) is 0 Å². The predicted molar refractivity (Wildman–Crippen MR) is 72.7 cm³/mol. The fourth-order valence-electron chi connectivity index (χ4n) is 2.71. The molecule has 0 saturated carbocycles. The summed E-state index contributed by atoms with van der Waals surface area (Å²) < 4.78 is 2.05. The molecule has 0 spiro atoms. The van der Waals surface area contributed by atoms with E-state index in [9.17, 15) is 9.59 Å². The molecule has 1 saturated heterocycles. The van der Waals surface area contributed by atoms with Gasteiger partial charge in [-0.1, -0.05) is 6.92 Å². The van der Waals surface area contributed by atoms with Gasteiger partial charge in [-0.3, -0.25) is 4.79 Å². The summed E-state index contributed by atoms with van der Waals surface area (Å²) in [7, 11) is 0. The molecule has 2 heterocycles. The molecule has 3 rings (SSSR count). The highest BCUT2D eigenvalue weighted by molar-refractivity contribution is 5.92. The lowest BCUT2D eigenvalue weighted by Gasteiger charge is -2.14. The summed E-state index contributed by atoms with van der Waals surface area (Å²) in [6.07, 6.45) is 1.18. The highest BCUT2D eigenvalue weighted by Crippen LogP contribution is 2.26. The number of carboxylic acids is 1. The Hall–Kier alpha value is -2.37. The second kappa shape index (κ2) is 4.63. The van der Waals surface area contributed by atoms with Gasteiger partial charge in [0.15, 0.2) is 0 Å². The zero-order valence-corrected chi connectivity index (χ0v) is 11.1. The maximum atomic E-state index is 11.4. The largest absolute Gasteiger partial charge is 0.478 e. The number of benzene rings is 1. The van der Waals surface area contributed by atoms with Gasteiger partial charge in [-0.15, -0.1) is 0 Å². The van der Waals surface area contributed by atoms with Crippen LogP contribution in [0.5, 0.6) is 0 Å². The summed E-state index contributed by atoms with van der Waals surface area (Å²) in [5.41, 5.74) is 1.78. The number of imidazole rings is 1. The highest BCUT2D eigenvalue weighted by Gasteiger charge is 2.26. The summed E-state index contributed by atoms with van der Waals surface area (Å²) >= 11 is 0. The van der Waals surface area contributed by atoms with Gasteiger partial charge in [0.1, 0.15) is 5.82 Å². The molecule has 1 unspecified atom stereocenters. The monoisotopic (exact) mass is 273 g/mol. The van der Waals surface area contributed by atoms with Gasteiger partial charge in [-0.25, -0.2) is 9.78 Å². The van der Waals surface area contributed by atoms with Crippen molar-refractivity contribution in [3.63, 3.8) is 0 Å². The number of carbonyl (C=O) groups excluding carboxylic acids is 1. The molecule has 104 valence electrons. The molecule has 2 N–H and O–H groups in total.